The Morgan fingerprint density at radius 2 is 2.19 bits per heavy atom. The van der Waals surface area contributed by atoms with Crippen LogP contribution in [0.4, 0.5) is 0 Å². The number of amides is 1. The van der Waals surface area contributed by atoms with Crippen molar-refractivity contribution in [3.8, 4) is 5.75 Å². The minimum absolute atomic E-state index is 0.0564. The summed E-state index contributed by atoms with van der Waals surface area (Å²) in [6.07, 6.45) is 6.62. The van der Waals surface area contributed by atoms with E-state index in [1.807, 2.05) is 18.3 Å². The van der Waals surface area contributed by atoms with Gasteiger partial charge in [-0.1, -0.05) is 29.3 Å². The van der Waals surface area contributed by atoms with Crippen molar-refractivity contribution in [3.63, 3.8) is 0 Å². The third kappa shape index (κ3) is 3.80. The number of aromatic nitrogens is 2. The van der Waals surface area contributed by atoms with Gasteiger partial charge in [0.2, 0.25) is 0 Å². The third-order valence-corrected chi connectivity index (χ3v) is 5.12. The SMILES string of the molecule is O=C(COc1ccc(Cl)cc1Cl)N1CC=C(c2c[nH]c3cccnc23)CC1. The Labute approximate surface area is 166 Å². The molecule has 0 saturated carbocycles. The average molecular weight is 402 g/mol. The van der Waals surface area contributed by atoms with Crippen LogP contribution in [-0.4, -0.2) is 40.5 Å². The Morgan fingerprint density at radius 3 is 2.96 bits per heavy atom. The topological polar surface area (TPSA) is 58.2 Å². The van der Waals surface area contributed by atoms with Gasteiger partial charge in [0.05, 0.1) is 16.1 Å². The van der Waals surface area contributed by atoms with Crippen LogP contribution >= 0.6 is 23.2 Å². The Morgan fingerprint density at radius 1 is 1.30 bits per heavy atom. The van der Waals surface area contributed by atoms with Gasteiger partial charge in [-0.3, -0.25) is 9.78 Å². The number of ether oxygens (including phenoxy) is 1. The van der Waals surface area contributed by atoms with Crippen molar-refractivity contribution in [2.45, 2.75) is 6.42 Å². The molecule has 0 radical (unpaired) electrons. The smallest absolute Gasteiger partial charge is 0.260 e. The lowest BCUT2D eigenvalue weighted by atomic mass is 10.0. The highest BCUT2D eigenvalue weighted by Crippen LogP contribution is 2.29. The molecule has 3 aromatic rings. The van der Waals surface area contributed by atoms with Gasteiger partial charge < -0.3 is 14.6 Å². The quantitative estimate of drug-likeness (QED) is 0.696. The van der Waals surface area contributed by atoms with Gasteiger partial charge in [0, 0.05) is 36.1 Å². The van der Waals surface area contributed by atoms with Gasteiger partial charge in [0.1, 0.15) is 5.75 Å². The molecule has 1 amide bonds. The lowest BCUT2D eigenvalue weighted by Gasteiger charge is -2.26. The van der Waals surface area contributed by atoms with Crippen molar-refractivity contribution < 1.29 is 9.53 Å². The van der Waals surface area contributed by atoms with E-state index in [2.05, 4.69) is 16.0 Å². The molecule has 0 atom stereocenters. The van der Waals surface area contributed by atoms with Crippen molar-refractivity contribution in [2.75, 3.05) is 19.7 Å². The lowest BCUT2D eigenvalue weighted by molar-refractivity contribution is -0.132. The molecule has 2 aromatic heterocycles. The summed E-state index contributed by atoms with van der Waals surface area (Å²) in [7, 11) is 0. The Bertz CT molecular complexity index is 1030. The highest BCUT2D eigenvalue weighted by molar-refractivity contribution is 6.35. The van der Waals surface area contributed by atoms with Crippen LogP contribution < -0.4 is 4.74 Å². The molecule has 7 heteroatoms. The van der Waals surface area contributed by atoms with Crippen LogP contribution in [-0.2, 0) is 4.79 Å². The number of hydrogen-bond donors (Lipinski definition) is 1. The number of benzene rings is 1. The zero-order chi connectivity index (χ0) is 18.8. The van der Waals surface area contributed by atoms with E-state index in [0.717, 1.165) is 23.0 Å². The number of rotatable bonds is 4. The minimum atomic E-state index is -0.0756. The van der Waals surface area contributed by atoms with Gasteiger partial charge in [0.25, 0.3) is 5.91 Å². The fourth-order valence-electron chi connectivity index (χ4n) is 3.16. The maximum Gasteiger partial charge on any atom is 0.260 e. The molecule has 5 nitrogen and oxygen atoms in total. The number of pyridine rings is 1. The molecular formula is C20H17Cl2N3O2. The summed E-state index contributed by atoms with van der Waals surface area (Å²) in [5.74, 6) is 0.376. The summed E-state index contributed by atoms with van der Waals surface area (Å²) in [6.45, 7) is 1.13. The van der Waals surface area contributed by atoms with Crippen LogP contribution in [0, 0.1) is 0 Å². The second-order valence-electron chi connectivity index (χ2n) is 6.28. The van der Waals surface area contributed by atoms with E-state index in [0.29, 0.717) is 28.9 Å². The van der Waals surface area contributed by atoms with E-state index in [4.69, 9.17) is 27.9 Å². The van der Waals surface area contributed by atoms with Gasteiger partial charge in [-0.2, -0.15) is 0 Å². The molecule has 1 N–H and O–H groups in total. The van der Waals surface area contributed by atoms with Crippen LogP contribution in [0.5, 0.6) is 5.75 Å². The van der Waals surface area contributed by atoms with Crippen molar-refractivity contribution in [3.05, 3.63) is 64.4 Å². The highest BCUT2D eigenvalue weighted by Gasteiger charge is 2.20. The first-order valence-electron chi connectivity index (χ1n) is 8.59. The maximum atomic E-state index is 12.4. The van der Waals surface area contributed by atoms with E-state index < -0.39 is 0 Å². The minimum Gasteiger partial charge on any atom is -0.482 e. The van der Waals surface area contributed by atoms with E-state index in [-0.39, 0.29) is 12.5 Å². The van der Waals surface area contributed by atoms with Gasteiger partial charge in [-0.25, -0.2) is 0 Å². The Hall–Kier alpha value is -2.50. The standard InChI is InChI=1S/C20H17Cl2N3O2/c21-14-3-4-18(16(22)10-14)27-12-19(26)25-8-5-13(6-9-25)15-11-24-17-2-1-7-23-20(15)17/h1-5,7,10-11,24H,6,8-9,12H2. The van der Waals surface area contributed by atoms with E-state index >= 15 is 0 Å². The molecule has 27 heavy (non-hydrogen) atoms. The summed E-state index contributed by atoms with van der Waals surface area (Å²) >= 11 is 11.9. The van der Waals surface area contributed by atoms with E-state index in [1.165, 1.54) is 5.57 Å². The predicted octanol–water partition coefficient (Wildman–Crippen LogP) is 4.56. The van der Waals surface area contributed by atoms with Crippen molar-refractivity contribution in [2.24, 2.45) is 0 Å². The average Bonchev–Trinajstić information content (AvgIpc) is 3.11. The Balaban J connectivity index is 1.40. The molecule has 0 fully saturated rings. The molecule has 0 saturated heterocycles. The summed E-state index contributed by atoms with van der Waals surface area (Å²) < 4.78 is 5.55. The first-order chi connectivity index (χ1) is 13.1. The van der Waals surface area contributed by atoms with Crippen LogP contribution in [0.2, 0.25) is 10.0 Å². The molecule has 0 aliphatic carbocycles. The molecule has 138 valence electrons. The number of H-pyrrole nitrogens is 1. The molecule has 1 aliphatic heterocycles. The van der Waals surface area contributed by atoms with Crippen LogP contribution in [0.15, 0.2) is 48.8 Å². The monoisotopic (exact) mass is 401 g/mol. The zero-order valence-electron chi connectivity index (χ0n) is 14.4. The number of nitrogens with one attached hydrogen (secondary N) is 1. The second kappa shape index (κ2) is 7.62. The number of hydrogen-bond acceptors (Lipinski definition) is 3. The molecule has 0 unspecified atom stereocenters. The summed E-state index contributed by atoms with van der Waals surface area (Å²) in [6, 6.07) is 8.85. The number of halogens is 2. The van der Waals surface area contributed by atoms with Gasteiger partial charge in [-0.05, 0) is 42.3 Å². The molecule has 0 spiro atoms. The Kier molecular flexibility index (Phi) is 5.05. The third-order valence-electron chi connectivity index (χ3n) is 4.59. The molecule has 1 aromatic carbocycles. The van der Waals surface area contributed by atoms with Crippen molar-refractivity contribution in [1.29, 1.82) is 0 Å². The van der Waals surface area contributed by atoms with Gasteiger partial charge in [0.15, 0.2) is 6.61 Å². The van der Waals surface area contributed by atoms with Crippen molar-refractivity contribution >= 4 is 45.7 Å². The first-order valence-corrected chi connectivity index (χ1v) is 9.34. The number of aromatic amines is 1. The molecule has 3 heterocycles. The van der Waals surface area contributed by atoms with E-state index in [9.17, 15) is 4.79 Å². The van der Waals surface area contributed by atoms with Gasteiger partial charge >= 0.3 is 0 Å². The molecule has 4 rings (SSSR count). The number of carbonyl (C=O) groups is 1. The number of carbonyl (C=O) groups excluding carboxylic acids is 1. The normalized spacial score (nSPS) is 14.3. The zero-order valence-corrected chi connectivity index (χ0v) is 15.9. The highest BCUT2D eigenvalue weighted by atomic mass is 35.5. The maximum absolute atomic E-state index is 12.4. The van der Waals surface area contributed by atoms with Crippen molar-refractivity contribution in [1.82, 2.24) is 14.9 Å². The molecular weight excluding hydrogens is 385 g/mol. The second-order valence-corrected chi connectivity index (χ2v) is 7.13. The summed E-state index contributed by atoms with van der Waals surface area (Å²) in [5.41, 5.74) is 4.27. The number of fused-ring (bicyclic) bond motifs is 1. The first kappa shape index (κ1) is 17.9. The summed E-state index contributed by atoms with van der Waals surface area (Å²) in [4.78, 5) is 21.9. The molecule has 1 aliphatic rings. The molecule has 0 bridgehead atoms. The lowest BCUT2D eigenvalue weighted by Crippen LogP contribution is -2.37. The van der Waals surface area contributed by atoms with Crippen LogP contribution in [0.25, 0.3) is 16.6 Å². The van der Waals surface area contributed by atoms with Crippen LogP contribution in [0.1, 0.15) is 12.0 Å². The largest absolute Gasteiger partial charge is 0.482 e. The van der Waals surface area contributed by atoms with E-state index in [1.54, 1.807) is 29.3 Å². The fraction of sp³-hybridized carbons (Fsp3) is 0.200. The van der Waals surface area contributed by atoms with Crippen LogP contribution in [0.3, 0.4) is 0 Å². The summed E-state index contributed by atoms with van der Waals surface area (Å²) in [5, 5.41) is 0.919. The van der Waals surface area contributed by atoms with Gasteiger partial charge in [-0.15, -0.1) is 0 Å². The fourth-order valence-corrected chi connectivity index (χ4v) is 3.63. The predicted molar refractivity (Wildman–Crippen MR) is 107 cm³/mol. The number of nitrogens with zero attached hydrogens (tertiary/aromatic N) is 2.